The lowest BCUT2D eigenvalue weighted by molar-refractivity contribution is 0.404. The molecule has 0 fully saturated rings. The molecule has 0 aromatic carbocycles. The van der Waals surface area contributed by atoms with Crippen LogP contribution in [0.2, 0.25) is 0 Å². The predicted molar refractivity (Wildman–Crippen MR) is 58.1 cm³/mol. The molecule has 0 radical (unpaired) electrons. The van der Waals surface area contributed by atoms with Crippen LogP contribution in [0.25, 0.3) is 0 Å². The van der Waals surface area contributed by atoms with E-state index in [4.69, 9.17) is 5.73 Å². The second kappa shape index (κ2) is 4.37. The quantitative estimate of drug-likeness (QED) is 0.755. The van der Waals surface area contributed by atoms with Crippen LogP contribution < -0.4 is 11.1 Å². The van der Waals surface area contributed by atoms with Crippen LogP contribution in [0.5, 0.6) is 0 Å². The van der Waals surface area contributed by atoms with Gasteiger partial charge < -0.3 is 11.1 Å². The molecule has 0 bridgehead atoms. The lowest BCUT2D eigenvalue weighted by atomic mass is 9.94. The van der Waals surface area contributed by atoms with Crippen molar-refractivity contribution >= 4 is 5.95 Å². The Labute approximate surface area is 85.0 Å². The van der Waals surface area contributed by atoms with Gasteiger partial charge in [-0.3, -0.25) is 0 Å². The molecule has 1 aromatic heterocycles. The highest BCUT2D eigenvalue weighted by Crippen LogP contribution is 2.12. The van der Waals surface area contributed by atoms with Gasteiger partial charge in [0.05, 0.1) is 0 Å². The van der Waals surface area contributed by atoms with Gasteiger partial charge in [-0.25, -0.2) is 9.97 Å². The zero-order chi connectivity index (χ0) is 10.6. The Morgan fingerprint density at radius 3 is 2.79 bits per heavy atom. The summed E-state index contributed by atoms with van der Waals surface area (Å²) in [6.07, 6.45) is 1.75. The number of nitrogens with one attached hydrogen (secondary N) is 1. The van der Waals surface area contributed by atoms with E-state index < -0.39 is 0 Å². The number of hydrogen-bond donors (Lipinski definition) is 2. The molecule has 0 atom stereocenters. The summed E-state index contributed by atoms with van der Waals surface area (Å²) in [5.41, 5.74) is 6.66. The van der Waals surface area contributed by atoms with Crippen LogP contribution in [0.4, 0.5) is 5.95 Å². The molecule has 0 amide bonds. The van der Waals surface area contributed by atoms with Gasteiger partial charge in [-0.05, 0) is 24.9 Å². The number of nitrogens with two attached hydrogens (primary N) is 1. The maximum atomic E-state index is 5.62. The number of aromatic nitrogens is 2. The minimum atomic E-state index is 0.0765. The maximum Gasteiger partial charge on any atom is 0.222 e. The van der Waals surface area contributed by atoms with Crippen molar-refractivity contribution in [3.8, 4) is 0 Å². The van der Waals surface area contributed by atoms with Gasteiger partial charge in [0.25, 0.3) is 0 Å². The smallest absolute Gasteiger partial charge is 0.222 e. The van der Waals surface area contributed by atoms with E-state index >= 15 is 0 Å². The highest BCUT2D eigenvalue weighted by atomic mass is 15.1. The highest BCUT2D eigenvalue weighted by Gasteiger charge is 2.15. The summed E-state index contributed by atoms with van der Waals surface area (Å²) < 4.78 is 0. The molecule has 3 N–H and O–H groups in total. The molecule has 4 nitrogen and oxygen atoms in total. The van der Waals surface area contributed by atoms with E-state index in [1.54, 1.807) is 6.20 Å². The Hall–Kier alpha value is -1.16. The number of nitrogens with zero attached hydrogens (tertiary/aromatic N) is 2. The number of rotatable bonds is 4. The van der Waals surface area contributed by atoms with Crippen molar-refractivity contribution in [1.82, 2.24) is 9.97 Å². The van der Waals surface area contributed by atoms with Crippen molar-refractivity contribution in [3.63, 3.8) is 0 Å². The summed E-state index contributed by atoms with van der Waals surface area (Å²) in [6.45, 7) is 7.59. The van der Waals surface area contributed by atoms with Gasteiger partial charge in [-0.2, -0.15) is 0 Å². The first-order chi connectivity index (χ1) is 6.53. The topological polar surface area (TPSA) is 63.8 Å². The summed E-state index contributed by atoms with van der Waals surface area (Å²) >= 11 is 0. The molecular formula is C10H18N4. The van der Waals surface area contributed by atoms with Gasteiger partial charge in [0.15, 0.2) is 0 Å². The van der Waals surface area contributed by atoms with E-state index in [2.05, 4.69) is 29.1 Å². The third kappa shape index (κ3) is 3.30. The minimum absolute atomic E-state index is 0.0765. The van der Waals surface area contributed by atoms with Gasteiger partial charge in [-0.15, -0.1) is 0 Å². The van der Waals surface area contributed by atoms with E-state index in [1.165, 1.54) is 0 Å². The fourth-order valence-electron chi connectivity index (χ4n) is 0.925. The SMILES string of the molecule is Cc1ccnc(NCC(C)(C)CN)n1. The van der Waals surface area contributed by atoms with Crippen LogP contribution in [-0.4, -0.2) is 23.1 Å². The molecule has 1 aromatic rings. The molecule has 1 rings (SSSR count). The van der Waals surface area contributed by atoms with Gasteiger partial charge in [-0.1, -0.05) is 13.8 Å². The van der Waals surface area contributed by atoms with Crippen molar-refractivity contribution in [2.45, 2.75) is 20.8 Å². The fraction of sp³-hybridized carbons (Fsp3) is 0.600. The van der Waals surface area contributed by atoms with E-state index in [-0.39, 0.29) is 5.41 Å². The van der Waals surface area contributed by atoms with Crippen molar-refractivity contribution in [2.24, 2.45) is 11.1 Å². The van der Waals surface area contributed by atoms with Crippen LogP contribution in [0.1, 0.15) is 19.5 Å². The molecule has 0 saturated carbocycles. The normalized spacial score (nSPS) is 11.4. The summed E-state index contributed by atoms with van der Waals surface area (Å²) in [6, 6.07) is 1.87. The zero-order valence-electron chi connectivity index (χ0n) is 9.04. The Bertz CT molecular complexity index is 296. The third-order valence-electron chi connectivity index (χ3n) is 2.07. The van der Waals surface area contributed by atoms with E-state index in [0.717, 1.165) is 12.2 Å². The fourth-order valence-corrected chi connectivity index (χ4v) is 0.925. The highest BCUT2D eigenvalue weighted by molar-refractivity contribution is 5.24. The average molecular weight is 194 g/mol. The molecule has 0 aliphatic heterocycles. The molecule has 0 spiro atoms. The van der Waals surface area contributed by atoms with Crippen LogP contribution >= 0.6 is 0 Å². The first-order valence-corrected chi connectivity index (χ1v) is 4.77. The molecule has 0 aliphatic carbocycles. The molecule has 78 valence electrons. The Kier molecular flexibility index (Phi) is 3.41. The first-order valence-electron chi connectivity index (χ1n) is 4.77. The molecule has 4 heteroatoms. The number of hydrogen-bond acceptors (Lipinski definition) is 4. The number of anilines is 1. The lowest BCUT2D eigenvalue weighted by Crippen LogP contribution is -2.31. The van der Waals surface area contributed by atoms with Gasteiger partial charge in [0.1, 0.15) is 0 Å². The number of aryl methyl sites for hydroxylation is 1. The second-order valence-corrected chi connectivity index (χ2v) is 4.24. The van der Waals surface area contributed by atoms with Gasteiger partial charge in [0, 0.05) is 18.4 Å². The molecule has 1 heterocycles. The monoisotopic (exact) mass is 194 g/mol. The maximum absolute atomic E-state index is 5.62. The van der Waals surface area contributed by atoms with Crippen LogP contribution in [0, 0.1) is 12.3 Å². The summed E-state index contributed by atoms with van der Waals surface area (Å²) in [5.74, 6) is 0.673. The van der Waals surface area contributed by atoms with E-state index in [1.807, 2.05) is 13.0 Å². The zero-order valence-corrected chi connectivity index (χ0v) is 9.04. The summed E-state index contributed by atoms with van der Waals surface area (Å²) in [4.78, 5) is 8.36. The Morgan fingerprint density at radius 1 is 1.50 bits per heavy atom. The third-order valence-corrected chi connectivity index (χ3v) is 2.07. The van der Waals surface area contributed by atoms with E-state index in [9.17, 15) is 0 Å². The van der Waals surface area contributed by atoms with Gasteiger partial charge in [0.2, 0.25) is 5.95 Å². The second-order valence-electron chi connectivity index (χ2n) is 4.24. The standard InChI is InChI=1S/C10H18N4/c1-8-4-5-12-9(14-8)13-7-10(2,3)6-11/h4-5H,6-7,11H2,1-3H3,(H,12,13,14). The Balaban J connectivity index is 2.54. The minimum Gasteiger partial charge on any atom is -0.354 e. The predicted octanol–water partition coefficient (Wildman–Crippen LogP) is 1.18. The van der Waals surface area contributed by atoms with Crippen molar-refractivity contribution < 1.29 is 0 Å². The molecule has 0 saturated heterocycles. The van der Waals surface area contributed by atoms with E-state index in [0.29, 0.717) is 12.5 Å². The molecular weight excluding hydrogens is 176 g/mol. The summed E-state index contributed by atoms with van der Waals surface area (Å²) in [7, 11) is 0. The van der Waals surface area contributed by atoms with Crippen LogP contribution in [0.3, 0.4) is 0 Å². The average Bonchev–Trinajstić information content (AvgIpc) is 2.15. The Morgan fingerprint density at radius 2 is 2.21 bits per heavy atom. The molecule has 14 heavy (non-hydrogen) atoms. The van der Waals surface area contributed by atoms with Crippen LogP contribution in [-0.2, 0) is 0 Å². The van der Waals surface area contributed by atoms with Crippen LogP contribution in [0.15, 0.2) is 12.3 Å². The summed E-state index contributed by atoms with van der Waals surface area (Å²) in [5, 5.41) is 3.17. The van der Waals surface area contributed by atoms with Crippen molar-refractivity contribution in [2.75, 3.05) is 18.4 Å². The van der Waals surface area contributed by atoms with Crippen molar-refractivity contribution in [3.05, 3.63) is 18.0 Å². The molecule has 0 aliphatic rings. The largest absolute Gasteiger partial charge is 0.354 e. The van der Waals surface area contributed by atoms with Crippen molar-refractivity contribution in [1.29, 1.82) is 0 Å². The first kappa shape index (κ1) is 10.9. The molecule has 0 unspecified atom stereocenters. The lowest BCUT2D eigenvalue weighted by Gasteiger charge is -2.22. The van der Waals surface area contributed by atoms with Gasteiger partial charge >= 0.3 is 0 Å².